The molecular weight excluding hydrogens is 290 g/mol. The molecule has 0 saturated carbocycles. The molecule has 0 bridgehead atoms. The fraction of sp³-hybridized carbons (Fsp3) is 0.800. The summed E-state index contributed by atoms with van der Waals surface area (Å²) in [5.41, 5.74) is 5.02. The number of hydrogen-bond donors (Lipinski definition) is 2. The van der Waals surface area contributed by atoms with Crippen molar-refractivity contribution in [2.24, 2.45) is 18.7 Å². The van der Waals surface area contributed by atoms with Gasteiger partial charge in [-0.15, -0.1) is 17.5 Å². The number of sulfonamides is 1. The second-order valence-electron chi connectivity index (χ2n) is 5.16. The molecule has 9 heteroatoms. The Kier molecular flexibility index (Phi) is 6.40. The number of nitrogens with one attached hydrogen (secondary N) is 1. The van der Waals surface area contributed by atoms with Crippen molar-refractivity contribution in [2.45, 2.75) is 37.8 Å². The van der Waals surface area contributed by atoms with Gasteiger partial charge in [0.1, 0.15) is 0 Å². The van der Waals surface area contributed by atoms with Crippen LogP contribution >= 0.6 is 12.4 Å². The molecule has 1 unspecified atom stereocenters. The molecule has 0 aliphatic heterocycles. The van der Waals surface area contributed by atoms with Crippen LogP contribution in [0.5, 0.6) is 0 Å². The monoisotopic (exact) mass is 311 g/mol. The number of halogens is 1. The summed E-state index contributed by atoms with van der Waals surface area (Å²) in [6, 6.07) is 0. The molecule has 0 aromatic carbocycles. The molecule has 7 nitrogen and oxygen atoms in total. The van der Waals surface area contributed by atoms with Crippen molar-refractivity contribution in [1.82, 2.24) is 19.7 Å². The number of nitrogens with zero attached hydrogens (tertiary/aromatic N) is 3. The second-order valence-corrected chi connectivity index (χ2v) is 6.79. The number of aryl methyl sites for hydroxylation is 1. The van der Waals surface area contributed by atoms with E-state index >= 15 is 0 Å². The summed E-state index contributed by atoms with van der Waals surface area (Å²) in [5, 5.41) is 7.22. The Balaban J connectivity index is 0.00000324. The largest absolute Gasteiger partial charge is 0.329 e. The normalized spacial score (nSPS) is 15.1. The van der Waals surface area contributed by atoms with Crippen LogP contribution in [0.2, 0.25) is 0 Å². The Morgan fingerprint density at radius 1 is 1.53 bits per heavy atom. The van der Waals surface area contributed by atoms with E-state index in [0.717, 1.165) is 0 Å². The highest BCUT2D eigenvalue weighted by atomic mass is 35.5. The van der Waals surface area contributed by atoms with Crippen LogP contribution in [0.1, 0.15) is 27.2 Å². The third kappa shape index (κ3) is 4.72. The summed E-state index contributed by atoms with van der Waals surface area (Å²) in [6.45, 7) is 6.08. The van der Waals surface area contributed by atoms with Gasteiger partial charge >= 0.3 is 0 Å². The van der Waals surface area contributed by atoms with Crippen molar-refractivity contribution in [3.8, 4) is 0 Å². The standard InChI is InChI=1S/C10H21N5O2S.ClH/c1-8(2)5-10(3,7-11)13-18(16,17)9-6-12-14-15(9)4;/h6,8,13H,5,7,11H2,1-4H3;1H. The molecule has 1 aromatic rings. The fourth-order valence-electron chi connectivity index (χ4n) is 1.97. The minimum absolute atomic E-state index is 0. The Bertz CT molecular complexity index is 502. The maximum atomic E-state index is 12.2. The first-order valence-corrected chi connectivity index (χ1v) is 7.27. The average molecular weight is 312 g/mol. The van der Waals surface area contributed by atoms with E-state index in [1.807, 2.05) is 13.8 Å². The highest BCUT2D eigenvalue weighted by Gasteiger charge is 2.31. The zero-order valence-electron chi connectivity index (χ0n) is 11.6. The molecule has 0 aliphatic rings. The summed E-state index contributed by atoms with van der Waals surface area (Å²) in [7, 11) is -2.12. The van der Waals surface area contributed by atoms with Crippen molar-refractivity contribution in [2.75, 3.05) is 6.54 Å². The van der Waals surface area contributed by atoms with E-state index < -0.39 is 15.6 Å². The maximum absolute atomic E-state index is 12.2. The third-order valence-corrected chi connectivity index (χ3v) is 4.32. The van der Waals surface area contributed by atoms with E-state index in [1.165, 1.54) is 17.9 Å². The molecule has 1 atom stereocenters. The van der Waals surface area contributed by atoms with Gasteiger partial charge in [0, 0.05) is 19.1 Å². The molecule has 3 N–H and O–H groups in total. The summed E-state index contributed by atoms with van der Waals surface area (Å²) in [5.74, 6) is 0.339. The quantitative estimate of drug-likeness (QED) is 0.785. The number of nitrogens with two attached hydrogens (primary N) is 1. The molecular formula is C10H22ClN5O2S. The van der Waals surface area contributed by atoms with Crippen molar-refractivity contribution in [3.63, 3.8) is 0 Å². The van der Waals surface area contributed by atoms with E-state index in [1.54, 1.807) is 6.92 Å². The van der Waals surface area contributed by atoms with Gasteiger partial charge in [-0.1, -0.05) is 19.1 Å². The van der Waals surface area contributed by atoms with Crippen LogP contribution in [0.4, 0.5) is 0 Å². The minimum Gasteiger partial charge on any atom is -0.329 e. The first-order chi connectivity index (χ1) is 8.20. The molecule has 19 heavy (non-hydrogen) atoms. The van der Waals surface area contributed by atoms with Crippen molar-refractivity contribution in [1.29, 1.82) is 0 Å². The Hall–Kier alpha value is -0.700. The van der Waals surface area contributed by atoms with Gasteiger partial charge in [-0.3, -0.25) is 0 Å². The van der Waals surface area contributed by atoms with Crippen molar-refractivity contribution in [3.05, 3.63) is 6.20 Å². The lowest BCUT2D eigenvalue weighted by atomic mass is 9.92. The van der Waals surface area contributed by atoms with Gasteiger partial charge in [0.15, 0.2) is 5.03 Å². The SMILES string of the molecule is CC(C)CC(C)(CN)NS(=O)(=O)c1cnnn1C.Cl. The van der Waals surface area contributed by atoms with Gasteiger partial charge in [0.25, 0.3) is 10.0 Å². The van der Waals surface area contributed by atoms with Crippen LogP contribution < -0.4 is 10.5 Å². The molecule has 1 aromatic heterocycles. The van der Waals surface area contributed by atoms with Crippen LogP contribution in [0.15, 0.2) is 11.2 Å². The highest BCUT2D eigenvalue weighted by Crippen LogP contribution is 2.18. The van der Waals surface area contributed by atoms with E-state index in [0.29, 0.717) is 12.3 Å². The van der Waals surface area contributed by atoms with Crippen molar-refractivity contribution < 1.29 is 8.42 Å². The van der Waals surface area contributed by atoms with Gasteiger partial charge in [0.2, 0.25) is 0 Å². The van der Waals surface area contributed by atoms with E-state index in [4.69, 9.17) is 5.73 Å². The van der Waals surface area contributed by atoms with Gasteiger partial charge < -0.3 is 5.73 Å². The predicted octanol–water partition coefficient (Wildman–Crippen LogP) is 0.279. The van der Waals surface area contributed by atoms with E-state index in [2.05, 4.69) is 15.0 Å². The molecule has 0 amide bonds. The molecule has 0 aliphatic carbocycles. The van der Waals surface area contributed by atoms with Gasteiger partial charge in [-0.2, -0.15) is 0 Å². The molecule has 1 heterocycles. The smallest absolute Gasteiger partial charge is 0.259 e. The third-order valence-electron chi connectivity index (χ3n) is 2.64. The van der Waals surface area contributed by atoms with Crippen LogP contribution in [0, 0.1) is 5.92 Å². The molecule has 0 spiro atoms. The van der Waals surface area contributed by atoms with Gasteiger partial charge in [0.05, 0.1) is 6.20 Å². The summed E-state index contributed by atoms with van der Waals surface area (Å²) in [6.07, 6.45) is 1.88. The van der Waals surface area contributed by atoms with Crippen LogP contribution in [-0.2, 0) is 17.1 Å². The number of hydrogen-bond acceptors (Lipinski definition) is 5. The Labute approximate surface area is 120 Å². The first kappa shape index (κ1) is 18.3. The second kappa shape index (κ2) is 6.65. The van der Waals surface area contributed by atoms with Crippen LogP contribution in [0.3, 0.4) is 0 Å². The number of aromatic nitrogens is 3. The summed E-state index contributed by atoms with van der Waals surface area (Å²) >= 11 is 0. The first-order valence-electron chi connectivity index (χ1n) is 5.79. The summed E-state index contributed by atoms with van der Waals surface area (Å²) in [4.78, 5) is 0. The van der Waals surface area contributed by atoms with E-state index in [9.17, 15) is 8.42 Å². The van der Waals surface area contributed by atoms with Gasteiger partial charge in [-0.25, -0.2) is 17.8 Å². The van der Waals surface area contributed by atoms with Gasteiger partial charge in [-0.05, 0) is 19.3 Å². The van der Waals surface area contributed by atoms with E-state index in [-0.39, 0.29) is 24.0 Å². The topological polar surface area (TPSA) is 103 Å². The van der Waals surface area contributed by atoms with Crippen molar-refractivity contribution >= 4 is 22.4 Å². The molecule has 1 rings (SSSR count). The Morgan fingerprint density at radius 2 is 2.11 bits per heavy atom. The maximum Gasteiger partial charge on any atom is 0.259 e. The molecule has 112 valence electrons. The number of rotatable bonds is 6. The summed E-state index contributed by atoms with van der Waals surface area (Å²) < 4.78 is 28.3. The molecule has 0 radical (unpaired) electrons. The lowest BCUT2D eigenvalue weighted by Gasteiger charge is -2.30. The average Bonchev–Trinajstić information content (AvgIpc) is 2.63. The fourth-order valence-corrected chi connectivity index (χ4v) is 3.46. The highest BCUT2D eigenvalue weighted by molar-refractivity contribution is 7.89. The predicted molar refractivity (Wildman–Crippen MR) is 75.5 cm³/mol. The van der Waals surface area contributed by atoms with Crippen LogP contribution in [0.25, 0.3) is 0 Å². The zero-order chi connectivity index (χ0) is 14.0. The lowest BCUT2D eigenvalue weighted by Crippen LogP contribution is -2.52. The minimum atomic E-state index is -3.66. The Morgan fingerprint density at radius 3 is 2.47 bits per heavy atom. The zero-order valence-corrected chi connectivity index (χ0v) is 13.3. The molecule has 0 fully saturated rings. The van der Waals surface area contributed by atoms with Crippen LogP contribution in [-0.4, -0.2) is 35.5 Å². The lowest BCUT2D eigenvalue weighted by molar-refractivity contribution is 0.343. The molecule has 0 saturated heterocycles.